The van der Waals surface area contributed by atoms with Crippen molar-refractivity contribution in [1.82, 2.24) is 4.98 Å². The van der Waals surface area contributed by atoms with Crippen molar-refractivity contribution >= 4 is 15.9 Å². The minimum absolute atomic E-state index is 0.313. The molecule has 0 bridgehead atoms. The van der Waals surface area contributed by atoms with E-state index in [1.54, 1.807) is 6.20 Å². The lowest BCUT2D eigenvalue weighted by atomic mass is 9.90. The maximum atomic E-state index is 5.94. The van der Waals surface area contributed by atoms with Gasteiger partial charge in [0, 0.05) is 11.8 Å². The third kappa shape index (κ3) is 1.90. The van der Waals surface area contributed by atoms with Crippen molar-refractivity contribution in [3.8, 4) is 0 Å². The summed E-state index contributed by atoms with van der Waals surface area (Å²) in [7, 11) is 0. The summed E-state index contributed by atoms with van der Waals surface area (Å²) < 4.78 is 12.6. The van der Waals surface area contributed by atoms with Gasteiger partial charge in [0.05, 0.1) is 11.2 Å². The Morgan fingerprint density at radius 1 is 1.19 bits per heavy atom. The molecule has 0 saturated carbocycles. The van der Waals surface area contributed by atoms with E-state index in [0.29, 0.717) is 0 Å². The molecule has 0 unspecified atom stereocenters. The first-order valence-corrected chi connectivity index (χ1v) is 6.09. The monoisotopic (exact) mass is 285 g/mol. The minimum atomic E-state index is -0.354. The quantitative estimate of drug-likeness (QED) is 0.741. The SMILES string of the molecule is CC1(C)OC(c2cccnc2Br)OC1(C)C. The highest BCUT2D eigenvalue weighted by Crippen LogP contribution is 2.45. The smallest absolute Gasteiger partial charge is 0.187 e. The second-order valence-corrected chi connectivity index (χ2v) is 5.72. The highest BCUT2D eigenvalue weighted by Gasteiger charge is 2.49. The third-order valence-corrected chi connectivity index (χ3v) is 3.96. The van der Waals surface area contributed by atoms with Crippen LogP contribution in [-0.4, -0.2) is 16.2 Å². The molecule has 3 nitrogen and oxygen atoms in total. The molecule has 1 fully saturated rings. The predicted molar refractivity (Wildman–Crippen MR) is 65.0 cm³/mol. The van der Waals surface area contributed by atoms with E-state index in [2.05, 4.69) is 20.9 Å². The van der Waals surface area contributed by atoms with Crippen molar-refractivity contribution in [2.24, 2.45) is 0 Å². The lowest BCUT2D eigenvalue weighted by Gasteiger charge is -2.30. The molecule has 0 radical (unpaired) electrons. The van der Waals surface area contributed by atoms with Crippen LogP contribution in [-0.2, 0) is 9.47 Å². The molecule has 0 aliphatic carbocycles. The highest BCUT2D eigenvalue weighted by atomic mass is 79.9. The van der Waals surface area contributed by atoms with Crippen molar-refractivity contribution in [1.29, 1.82) is 0 Å². The van der Waals surface area contributed by atoms with Crippen LogP contribution < -0.4 is 0 Å². The molecule has 1 aromatic rings. The second kappa shape index (κ2) is 3.79. The Morgan fingerprint density at radius 3 is 2.25 bits per heavy atom. The van der Waals surface area contributed by atoms with E-state index in [1.807, 2.05) is 39.8 Å². The maximum Gasteiger partial charge on any atom is 0.187 e. The molecule has 1 saturated heterocycles. The summed E-state index contributed by atoms with van der Waals surface area (Å²) in [5.41, 5.74) is 0.307. The number of pyridine rings is 1. The Bertz CT molecular complexity index is 388. The Balaban J connectivity index is 2.31. The van der Waals surface area contributed by atoms with Gasteiger partial charge in [-0.15, -0.1) is 0 Å². The van der Waals surface area contributed by atoms with Gasteiger partial charge in [-0.1, -0.05) is 0 Å². The van der Waals surface area contributed by atoms with E-state index in [1.165, 1.54) is 0 Å². The number of hydrogen-bond acceptors (Lipinski definition) is 3. The van der Waals surface area contributed by atoms with Gasteiger partial charge in [-0.25, -0.2) is 4.98 Å². The molecule has 88 valence electrons. The van der Waals surface area contributed by atoms with Crippen LogP contribution in [0.3, 0.4) is 0 Å². The van der Waals surface area contributed by atoms with Crippen molar-refractivity contribution in [2.75, 3.05) is 0 Å². The maximum absolute atomic E-state index is 5.94. The molecular weight excluding hydrogens is 270 g/mol. The summed E-state index contributed by atoms with van der Waals surface area (Å²) in [5.74, 6) is 0. The number of nitrogens with zero attached hydrogens (tertiary/aromatic N) is 1. The first kappa shape index (κ1) is 12.0. The summed E-state index contributed by atoms with van der Waals surface area (Å²) in [4.78, 5) is 4.18. The van der Waals surface area contributed by atoms with E-state index in [-0.39, 0.29) is 17.5 Å². The zero-order valence-corrected chi connectivity index (χ0v) is 11.5. The molecule has 1 aliphatic rings. The van der Waals surface area contributed by atoms with Gasteiger partial charge >= 0.3 is 0 Å². The van der Waals surface area contributed by atoms with Gasteiger partial charge in [-0.2, -0.15) is 0 Å². The lowest BCUT2D eigenvalue weighted by Crippen LogP contribution is -2.41. The molecule has 1 aliphatic heterocycles. The molecule has 0 amide bonds. The van der Waals surface area contributed by atoms with Crippen LogP contribution in [0.5, 0.6) is 0 Å². The molecule has 2 heterocycles. The van der Waals surface area contributed by atoms with Crippen LogP contribution in [0.1, 0.15) is 39.5 Å². The number of rotatable bonds is 1. The first-order chi connectivity index (χ1) is 7.33. The molecule has 1 aromatic heterocycles. The van der Waals surface area contributed by atoms with Crippen LogP contribution in [0.25, 0.3) is 0 Å². The fraction of sp³-hybridized carbons (Fsp3) is 0.583. The summed E-state index contributed by atoms with van der Waals surface area (Å²) >= 11 is 3.41. The Labute approximate surface area is 104 Å². The normalized spacial score (nSPS) is 23.6. The Kier molecular flexibility index (Phi) is 2.85. The van der Waals surface area contributed by atoms with Gasteiger partial charge in [-0.3, -0.25) is 0 Å². The van der Waals surface area contributed by atoms with Gasteiger partial charge in [0.15, 0.2) is 6.29 Å². The molecule has 2 rings (SSSR count). The summed E-state index contributed by atoms with van der Waals surface area (Å²) in [6, 6.07) is 3.84. The van der Waals surface area contributed by atoms with E-state index in [4.69, 9.17) is 9.47 Å². The number of halogens is 1. The van der Waals surface area contributed by atoms with Crippen molar-refractivity contribution < 1.29 is 9.47 Å². The minimum Gasteiger partial charge on any atom is -0.339 e. The largest absolute Gasteiger partial charge is 0.339 e. The van der Waals surface area contributed by atoms with Crippen LogP contribution >= 0.6 is 15.9 Å². The highest BCUT2D eigenvalue weighted by molar-refractivity contribution is 9.10. The van der Waals surface area contributed by atoms with E-state index in [9.17, 15) is 0 Å². The third-order valence-electron chi connectivity index (χ3n) is 3.30. The fourth-order valence-electron chi connectivity index (χ4n) is 1.54. The molecule has 16 heavy (non-hydrogen) atoms. The lowest BCUT2D eigenvalue weighted by molar-refractivity contribution is -0.0902. The van der Waals surface area contributed by atoms with Gasteiger partial charge < -0.3 is 9.47 Å². The van der Waals surface area contributed by atoms with Crippen LogP contribution in [0.2, 0.25) is 0 Å². The van der Waals surface area contributed by atoms with Crippen LogP contribution in [0, 0.1) is 0 Å². The second-order valence-electron chi connectivity index (χ2n) is 4.97. The molecular formula is C12H16BrNO2. The first-order valence-electron chi connectivity index (χ1n) is 5.29. The average Bonchev–Trinajstić information content (AvgIpc) is 2.36. The predicted octanol–water partition coefficient (Wildman–Crippen LogP) is 3.45. The fourth-order valence-corrected chi connectivity index (χ4v) is 1.98. The van der Waals surface area contributed by atoms with Gasteiger partial charge in [0.1, 0.15) is 4.60 Å². The molecule has 0 N–H and O–H groups in total. The topological polar surface area (TPSA) is 31.4 Å². The zero-order valence-electron chi connectivity index (χ0n) is 9.95. The molecule has 0 spiro atoms. The number of aromatic nitrogens is 1. The standard InChI is InChI=1S/C12H16BrNO2/c1-11(2)12(3,4)16-10(15-11)8-6-5-7-14-9(8)13/h5-7,10H,1-4H3. The summed E-state index contributed by atoms with van der Waals surface area (Å²) in [6.45, 7) is 8.16. The van der Waals surface area contributed by atoms with Crippen molar-refractivity contribution in [3.05, 3.63) is 28.5 Å². The number of ether oxygens (including phenoxy) is 2. The van der Waals surface area contributed by atoms with E-state index < -0.39 is 0 Å². The molecule has 4 heteroatoms. The molecule has 0 aromatic carbocycles. The van der Waals surface area contributed by atoms with Crippen LogP contribution in [0.4, 0.5) is 0 Å². The van der Waals surface area contributed by atoms with Crippen LogP contribution in [0.15, 0.2) is 22.9 Å². The van der Waals surface area contributed by atoms with Crippen molar-refractivity contribution in [2.45, 2.75) is 45.2 Å². The molecule has 0 atom stereocenters. The van der Waals surface area contributed by atoms with E-state index in [0.717, 1.165) is 10.2 Å². The number of hydrogen-bond donors (Lipinski definition) is 0. The Morgan fingerprint density at radius 2 is 1.75 bits per heavy atom. The summed E-state index contributed by atoms with van der Waals surface area (Å²) in [6.07, 6.45) is 1.38. The van der Waals surface area contributed by atoms with E-state index >= 15 is 0 Å². The van der Waals surface area contributed by atoms with Gasteiger partial charge in [-0.05, 0) is 55.8 Å². The summed E-state index contributed by atoms with van der Waals surface area (Å²) in [5, 5.41) is 0. The zero-order chi connectivity index (χ0) is 12.0. The average molecular weight is 286 g/mol. The van der Waals surface area contributed by atoms with Crippen molar-refractivity contribution in [3.63, 3.8) is 0 Å². The van der Waals surface area contributed by atoms with Gasteiger partial charge in [0.2, 0.25) is 0 Å². The van der Waals surface area contributed by atoms with Gasteiger partial charge in [0.25, 0.3) is 0 Å². The Hall–Kier alpha value is -0.450.